The molecule has 0 radical (unpaired) electrons. The minimum atomic E-state index is -1.04. The zero-order chi connectivity index (χ0) is 63.1. The first-order valence-corrected chi connectivity index (χ1v) is 31.1. The molecular formula is C65H97ClN6O15. The normalized spacial score (nSPS) is 25.0. The van der Waals surface area contributed by atoms with Crippen molar-refractivity contribution in [2.75, 3.05) is 33.9 Å². The molecule has 21 nitrogen and oxygen atoms in total. The Hall–Kier alpha value is -6.41. The van der Waals surface area contributed by atoms with Crippen LogP contribution in [0, 0.1) is 5.41 Å². The van der Waals surface area contributed by atoms with Crippen LogP contribution < -0.4 is 21.7 Å². The molecular weight excluding hydrogens is 1140 g/mol. The molecule has 4 amide bonds. The number of ether oxygens (including phenoxy) is 3. The summed E-state index contributed by atoms with van der Waals surface area (Å²) in [5.74, 6) is -1.96. The Labute approximate surface area is 519 Å². The van der Waals surface area contributed by atoms with Gasteiger partial charge in [-0.2, -0.15) is 9.59 Å². The number of methoxy groups -OCH3 is 2. The number of carboxylic acid groups (broad SMARTS) is 2. The largest absolute Gasteiger partial charge is 0.481 e. The number of carbonyl (C=O) groups excluding carboxylic acids is 8. The highest BCUT2D eigenvalue weighted by Gasteiger charge is 2.58. The van der Waals surface area contributed by atoms with Crippen LogP contribution in [0.4, 0.5) is 4.79 Å². The van der Waals surface area contributed by atoms with Crippen LogP contribution >= 0.6 is 12.4 Å². The van der Waals surface area contributed by atoms with Crippen LogP contribution in [0.2, 0.25) is 0 Å². The number of carbonyl (C=O) groups is 8. The Kier molecular flexibility index (Phi) is 28.4. The average Bonchev–Trinajstić information content (AvgIpc) is 1.88. The number of rotatable bonds is 11. The van der Waals surface area contributed by atoms with Crippen LogP contribution in [0.15, 0.2) is 60.7 Å². The highest BCUT2D eigenvalue weighted by molar-refractivity contribution is 6.02. The number of fused-ring (bicyclic) bond motifs is 1. The van der Waals surface area contributed by atoms with E-state index in [1.54, 1.807) is 11.8 Å². The van der Waals surface area contributed by atoms with Gasteiger partial charge in [-0.15, -0.1) is 12.4 Å². The van der Waals surface area contributed by atoms with Crippen molar-refractivity contribution in [3.63, 3.8) is 0 Å². The van der Waals surface area contributed by atoms with Gasteiger partial charge in [-0.05, 0) is 141 Å². The van der Waals surface area contributed by atoms with Gasteiger partial charge in [0.2, 0.25) is 17.7 Å². The fraction of sp³-hybridized carbons (Fsp3) is 0.677. The van der Waals surface area contributed by atoms with E-state index in [4.69, 9.17) is 29.9 Å². The molecule has 0 aromatic heterocycles. The van der Waals surface area contributed by atoms with E-state index in [-0.39, 0.29) is 48.9 Å². The van der Waals surface area contributed by atoms with E-state index in [0.29, 0.717) is 38.6 Å². The van der Waals surface area contributed by atoms with Crippen molar-refractivity contribution in [1.82, 2.24) is 25.8 Å². The number of likely N-dealkylation sites (tertiary alicyclic amines) is 1. The SMILES string of the molecule is COC(=O)[C@]1(C)CCCN1.COC(=O)[C@]1(C)CCCN1C(=O)C1(NC(=O)OCc2ccccc2)CCCCC1.C[C@@]12CCCN1C(=O)C1(CCCCC1)NC2=O.Cl.NC1(C(=O)O)CCCCC1.O=C(O)C1(CCc2ccccc2)CCCCC1.O=C=O. The lowest BCUT2D eigenvalue weighted by Gasteiger charge is -2.49. The van der Waals surface area contributed by atoms with Gasteiger partial charge in [0, 0.05) is 13.1 Å². The number of aryl methyl sites for hydroxylation is 1. The second-order valence-corrected chi connectivity index (χ2v) is 25.2. The number of halogens is 1. The molecule has 8 fully saturated rings. The number of nitrogens with zero attached hydrogens (tertiary/aromatic N) is 2. The van der Waals surface area contributed by atoms with Crippen molar-refractivity contribution in [2.45, 2.75) is 240 Å². The number of amides is 4. The Balaban J connectivity index is 0.000000242. The molecule has 8 aliphatic rings. The van der Waals surface area contributed by atoms with E-state index in [9.17, 15) is 43.5 Å². The van der Waals surface area contributed by atoms with Crippen molar-refractivity contribution in [1.29, 1.82) is 0 Å². The molecule has 4 aliphatic carbocycles. The van der Waals surface area contributed by atoms with Gasteiger partial charge in [-0.1, -0.05) is 138 Å². The first-order chi connectivity index (χ1) is 41.0. The van der Waals surface area contributed by atoms with Crippen LogP contribution in [0.3, 0.4) is 0 Å². The number of esters is 2. The third kappa shape index (κ3) is 18.8. The van der Waals surface area contributed by atoms with Crippen LogP contribution in [-0.4, -0.2) is 141 Å². The molecule has 2 aromatic rings. The molecule has 2 aromatic carbocycles. The van der Waals surface area contributed by atoms with Gasteiger partial charge in [0.1, 0.15) is 39.8 Å². The number of nitrogens with one attached hydrogen (secondary N) is 3. The maximum Gasteiger partial charge on any atom is 0.408 e. The van der Waals surface area contributed by atoms with Crippen LogP contribution in [0.5, 0.6) is 0 Å². The van der Waals surface area contributed by atoms with Gasteiger partial charge in [-0.25, -0.2) is 9.59 Å². The van der Waals surface area contributed by atoms with Crippen LogP contribution in [-0.2, 0) is 70.4 Å². The smallest absolute Gasteiger partial charge is 0.408 e. The molecule has 4 saturated carbocycles. The maximum absolute atomic E-state index is 13.6. The monoisotopic (exact) mass is 1240 g/mol. The first kappa shape index (κ1) is 73.1. The molecule has 4 aliphatic heterocycles. The Morgan fingerprint density at radius 1 is 0.621 bits per heavy atom. The number of alkyl carbamates (subject to hydrolysis) is 1. The minimum absolute atomic E-state index is 0. The molecule has 484 valence electrons. The Morgan fingerprint density at radius 3 is 1.62 bits per heavy atom. The number of hydrogen-bond acceptors (Lipinski definition) is 15. The average molecular weight is 1240 g/mol. The predicted octanol–water partition coefficient (Wildman–Crippen LogP) is 8.90. The minimum Gasteiger partial charge on any atom is -0.481 e. The van der Waals surface area contributed by atoms with Crippen LogP contribution in [0.1, 0.15) is 205 Å². The van der Waals surface area contributed by atoms with Crippen molar-refractivity contribution >= 4 is 66.3 Å². The number of benzene rings is 2. The molecule has 4 saturated heterocycles. The summed E-state index contributed by atoms with van der Waals surface area (Å²) in [7, 11) is 2.76. The van der Waals surface area contributed by atoms with Gasteiger partial charge >= 0.3 is 36.1 Å². The number of hydrogen-bond donors (Lipinski definition) is 6. The van der Waals surface area contributed by atoms with Gasteiger partial charge in [-0.3, -0.25) is 28.8 Å². The molecule has 10 rings (SSSR count). The van der Waals surface area contributed by atoms with E-state index in [0.717, 1.165) is 153 Å². The molecule has 4 heterocycles. The summed E-state index contributed by atoms with van der Waals surface area (Å²) >= 11 is 0. The van der Waals surface area contributed by atoms with Crippen molar-refractivity contribution in [3.05, 3.63) is 71.8 Å². The third-order valence-corrected chi connectivity index (χ3v) is 19.2. The number of piperazine rings is 1. The van der Waals surface area contributed by atoms with Gasteiger partial charge < -0.3 is 55.9 Å². The molecule has 0 bridgehead atoms. The summed E-state index contributed by atoms with van der Waals surface area (Å²) in [4.78, 5) is 116. The summed E-state index contributed by atoms with van der Waals surface area (Å²) in [5.41, 5.74) is 2.81. The van der Waals surface area contributed by atoms with E-state index in [1.165, 1.54) is 32.6 Å². The lowest BCUT2D eigenvalue weighted by atomic mass is 9.71. The summed E-state index contributed by atoms with van der Waals surface area (Å²) in [6.45, 7) is 7.83. The van der Waals surface area contributed by atoms with E-state index < -0.39 is 62.6 Å². The number of aliphatic carboxylic acids is 2. The summed E-state index contributed by atoms with van der Waals surface area (Å²) in [5, 5.41) is 27.2. The van der Waals surface area contributed by atoms with Gasteiger partial charge in [0.15, 0.2) is 0 Å². The maximum atomic E-state index is 13.6. The van der Waals surface area contributed by atoms with Crippen molar-refractivity contribution in [3.8, 4) is 0 Å². The lowest BCUT2D eigenvalue weighted by molar-refractivity contribution is -0.192. The van der Waals surface area contributed by atoms with E-state index in [2.05, 4.69) is 32.8 Å². The lowest BCUT2D eigenvalue weighted by Crippen LogP contribution is -2.73. The summed E-state index contributed by atoms with van der Waals surface area (Å²) in [6.07, 6.45) is 24.4. The third-order valence-electron chi connectivity index (χ3n) is 19.2. The molecule has 0 unspecified atom stereocenters. The van der Waals surface area contributed by atoms with Gasteiger partial charge in [0.25, 0.3) is 0 Å². The highest BCUT2D eigenvalue weighted by Crippen LogP contribution is 2.43. The number of carboxylic acids is 2. The molecule has 87 heavy (non-hydrogen) atoms. The Bertz CT molecular complexity index is 2610. The van der Waals surface area contributed by atoms with E-state index >= 15 is 0 Å². The van der Waals surface area contributed by atoms with E-state index in [1.807, 2.05) is 67.3 Å². The number of nitrogens with two attached hydrogens (primary N) is 1. The fourth-order valence-corrected chi connectivity index (χ4v) is 13.7. The quantitative estimate of drug-likeness (QED) is 0.0903. The topological polar surface area (TPSA) is 307 Å². The molecule has 22 heteroatoms. The van der Waals surface area contributed by atoms with Crippen molar-refractivity contribution in [2.24, 2.45) is 11.1 Å². The zero-order valence-electron chi connectivity index (χ0n) is 52.0. The second kappa shape index (κ2) is 33.8. The predicted molar refractivity (Wildman–Crippen MR) is 326 cm³/mol. The van der Waals surface area contributed by atoms with Crippen molar-refractivity contribution < 1.29 is 72.4 Å². The van der Waals surface area contributed by atoms with Crippen LogP contribution in [0.25, 0.3) is 0 Å². The zero-order valence-corrected chi connectivity index (χ0v) is 52.8. The Morgan fingerprint density at radius 2 is 1.13 bits per heavy atom. The molecule has 3 atom stereocenters. The second-order valence-electron chi connectivity index (χ2n) is 25.2. The summed E-state index contributed by atoms with van der Waals surface area (Å²) < 4.78 is 15.0. The standard InChI is InChI=1S/C22H30N2O5.C15H20O2.C13H20N2O2.2C7H13NO2.CO2.ClH/c1-21(19(26)28-2)12-9-15-24(21)18(25)22(13-7-4-8-14-22)23-20(27)29-16-17-10-5-3-6-11-17;16-14(17)15(10-5-2-6-11-15)12-9-13-7-3-1-4-8-13;1-12-6-5-9-15(12)11(17)13(14-10(12)16)7-3-2-4-8-13;1-7(6(9)10-2)4-3-5-8-7;8-7(6(9)10)4-2-1-3-5-7;2-1-3;/h3,5-6,10-11H,4,7-9,12-16H2,1-2H3,(H,23,27);1,3-4,7-8H,2,5-6,9-12H2,(H,16,17);2-9H2,1H3,(H,14,16);8H,3-5H2,1-2H3;1-5,8H2,(H,9,10);;1H/t21-;;12-;7-;;;/m0.00.../s1. The molecule has 1 spiro atoms. The first-order valence-electron chi connectivity index (χ1n) is 31.1. The van der Waals surface area contributed by atoms with Gasteiger partial charge in [0.05, 0.1) is 19.6 Å². The summed E-state index contributed by atoms with van der Waals surface area (Å²) in [6, 6.07) is 19.6. The fourth-order valence-electron chi connectivity index (χ4n) is 13.7. The molecule has 7 N–H and O–H groups in total. The highest BCUT2D eigenvalue weighted by atomic mass is 35.5.